The van der Waals surface area contributed by atoms with Gasteiger partial charge in [-0.2, -0.15) is 5.26 Å². The summed E-state index contributed by atoms with van der Waals surface area (Å²) in [6.07, 6.45) is 1.73. The molecular formula is C27H16Cl2FN3O. The maximum Gasteiger partial charge on any atom is 0.149 e. The van der Waals surface area contributed by atoms with Gasteiger partial charge in [-0.25, -0.2) is 9.37 Å². The second-order valence-corrected chi connectivity index (χ2v) is 8.48. The lowest BCUT2D eigenvalue weighted by atomic mass is 10.0. The first-order chi connectivity index (χ1) is 16.5. The lowest BCUT2D eigenvalue weighted by molar-refractivity contribution is 0.306. The zero-order valence-electron chi connectivity index (χ0n) is 17.6. The molecule has 0 spiro atoms. The first kappa shape index (κ1) is 22.0. The number of aromatic nitrogens is 2. The summed E-state index contributed by atoms with van der Waals surface area (Å²) >= 11 is 12.3. The Morgan fingerprint density at radius 1 is 1.06 bits per heavy atom. The SMILES string of the molecule is N#C/C(=C/c1c(OCc2ccc(Cl)cc2Cl)ccc2ccccc12)c1nc2ccc(F)cc2[nH]1. The molecule has 0 aliphatic carbocycles. The van der Waals surface area contributed by atoms with Crippen molar-refractivity contribution >= 4 is 56.7 Å². The maximum absolute atomic E-state index is 13.6. The molecule has 34 heavy (non-hydrogen) atoms. The standard InChI is InChI=1S/C27H16Cl2FN3O/c28-19-7-5-17(23(29)12-19)15-34-26-10-6-16-3-1-2-4-21(16)22(26)11-18(14-31)27-32-24-9-8-20(30)13-25(24)33-27/h1-13H,15H2,(H,32,33)/b18-11-. The number of hydrogen-bond donors (Lipinski definition) is 1. The number of imidazole rings is 1. The molecule has 0 fully saturated rings. The van der Waals surface area contributed by atoms with Gasteiger partial charge in [0.25, 0.3) is 0 Å². The molecule has 4 aromatic carbocycles. The Morgan fingerprint density at radius 2 is 1.91 bits per heavy atom. The van der Waals surface area contributed by atoms with Crippen molar-refractivity contribution in [2.75, 3.05) is 0 Å². The van der Waals surface area contributed by atoms with Gasteiger partial charge in [0, 0.05) is 21.2 Å². The van der Waals surface area contributed by atoms with Crippen LogP contribution in [0.2, 0.25) is 10.0 Å². The largest absolute Gasteiger partial charge is 0.488 e. The van der Waals surface area contributed by atoms with Gasteiger partial charge < -0.3 is 9.72 Å². The maximum atomic E-state index is 13.6. The Bertz CT molecular complexity index is 1620. The monoisotopic (exact) mass is 487 g/mol. The molecular weight excluding hydrogens is 472 g/mol. The molecule has 4 nitrogen and oxygen atoms in total. The van der Waals surface area contributed by atoms with Crippen molar-refractivity contribution in [3.05, 3.63) is 106 Å². The van der Waals surface area contributed by atoms with Gasteiger partial charge in [-0.15, -0.1) is 0 Å². The minimum Gasteiger partial charge on any atom is -0.488 e. The molecule has 166 valence electrons. The van der Waals surface area contributed by atoms with E-state index in [1.165, 1.54) is 12.1 Å². The molecule has 0 aliphatic heterocycles. The van der Waals surface area contributed by atoms with Gasteiger partial charge in [-0.05, 0) is 53.2 Å². The zero-order valence-corrected chi connectivity index (χ0v) is 19.2. The number of hydrogen-bond acceptors (Lipinski definition) is 3. The van der Waals surface area contributed by atoms with E-state index >= 15 is 0 Å². The topological polar surface area (TPSA) is 61.7 Å². The third-order valence-corrected chi connectivity index (χ3v) is 6.02. The highest BCUT2D eigenvalue weighted by atomic mass is 35.5. The second-order valence-electron chi connectivity index (χ2n) is 7.64. The van der Waals surface area contributed by atoms with E-state index in [1.807, 2.05) is 42.5 Å². The molecule has 1 heterocycles. The zero-order chi connectivity index (χ0) is 23.7. The van der Waals surface area contributed by atoms with Crippen molar-refractivity contribution in [1.82, 2.24) is 9.97 Å². The summed E-state index contributed by atoms with van der Waals surface area (Å²) in [5.41, 5.74) is 2.90. The molecule has 0 amide bonds. The van der Waals surface area contributed by atoms with E-state index in [-0.39, 0.29) is 12.4 Å². The summed E-state index contributed by atoms with van der Waals surface area (Å²) in [6.45, 7) is 0.223. The Labute approximate surface area is 204 Å². The van der Waals surface area contributed by atoms with Crippen molar-refractivity contribution in [3.8, 4) is 11.8 Å². The number of allylic oxidation sites excluding steroid dienone is 1. The van der Waals surface area contributed by atoms with E-state index < -0.39 is 0 Å². The number of rotatable bonds is 5. The highest BCUT2D eigenvalue weighted by Crippen LogP contribution is 2.33. The molecule has 5 rings (SSSR count). The van der Waals surface area contributed by atoms with E-state index in [0.717, 1.165) is 21.9 Å². The van der Waals surface area contributed by atoms with Crippen molar-refractivity contribution in [1.29, 1.82) is 5.26 Å². The van der Waals surface area contributed by atoms with E-state index in [0.29, 0.717) is 38.2 Å². The normalized spacial score (nSPS) is 11.6. The third-order valence-electron chi connectivity index (χ3n) is 5.44. The lowest BCUT2D eigenvalue weighted by Gasteiger charge is -2.13. The fourth-order valence-electron chi connectivity index (χ4n) is 3.75. The van der Waals surface area contributed by atoms with Gasteiger partial charge in [-0.3, -0.25) is 0 Å². The first-order valence-corrected chi connectivity index (χ1v) is 11.1. The summed E-state index contributed by atoms with van der Waals surface area (Å²) in [5, 5.41) is 12.9. The minimum atomic E-state index is -0.379. The van der Waals surface area contributed by atoms with Crippen molar-refractivity contribution < 1.29 is 9.13 Å². The van der Waals surface area contributed by atoms with Crippen LogP contribution in [0.15, 0.2) is 72.8 Å². The minimum absolute atomic E-state index is 0.223. The number of ether oxygens (including phenoxy) is 1. The van der Waals surface area contributed by atoms with Crippen LogP contribution in [0.25, 0.3) is 33.5 Å². The number of H-pyrrole nitrogens is 1. The molecule has 0 atom stereocenters. The molecule has 1 N–H and O–H groups in total. The molecule has 0 unspecified atom stereocenters. The summed E-state index contributed by atoms with van der Waals surface area (Å²) in [6, 6.07) is 23.3. The number of nitrogens with zero attached hydrogens (tertiary/aromatic N) is 2. The second kappa shape index (κ2) is 9.18. The van der Waals surface area contributed by atoms with Gasteiger partial charge in [0.2, 0.25) is 0 Å². The van der Waals surface area contributed by atoms with Gasteiger partial charge in [0.05, 0.1) is 16.6 Å². The van der Waals surface area contributed by atoms with Crippen LogP contribution in [0.4, 0.5) is 4.39 Å². The summed E-state index contributed by atoms with van der Waals surface area (Å²) in [4.78, 5) is 7.49. The highest BCUT2D eigenvalue weighted by Gasteiger charge is 2.14. The predicted molar refractivity (Wildman–Crippen MR) is 134 cm³/mol. The van der Waals surface area contributed by atoms with Crippen LogP contribution >= 0.6 is 23.2 Å². The molecule has 0 aliphatic rings. The number of nitriles is 1. The highest BCUT2D eigenvalue weighted by molar-refractivity contribution is 6.35. The van der Waals surface area contributed by atoms with E-state index in [4.69, 9.17) is 27.9 Å². The number of benzene rings is 4. The first-order valence-electron chi connectivity index (χ1n) is 10.4. The van der Waals surface area contributed by atoms with Crippen molar-refractivity contribution in [3.63, 3.8) is 0 Å². The van der Waals surface area contributed by atoms with Crippen molar-refractivity contribution in [2.45, 2.75) is 6.61 Å². The Balaban J connectivity index is 1.59. The molecule has 5 aromatic rings. The lowest BCUT2D eigenvalue weighted by Crippen LogP contribution is -1.99. The van der Waals surface area contributed by atoms with Gasteiger partial charge in [0.15, 0.2) is 0 Å². The Hall–Kier alpha value is -3.85. The molecule has 0 radical (unpaired) electrons. The van der Waals surface area contributed by atoms with Crippen LogP contribution in [0, 0.1) is 17.1 Å². The van der Waals surface area contributed by atoms with Gasteiger partial charge in [0.1, 0.15) is 30.1 Å². The molecule has 1 aromatic heterocycles. The van der Waals surface area contributed by atoms with Gasteiger partial charge >= 0.3 is 0 Å². The van der Waals surface area contributed by atoms with Crippen molar-refractivity contribution in [2.24, 2.45) is 0 Å². The predicted octanol–water partition coefficient (Wildman–Crippen LogP) is 7.81. The number of fused-ring (bicyclic) bond motifs is 2. The Kier molecular flexibility index (Phi) is 5.93. The molecule has 0 saturated carbocycles. The van der Waals surface area contributed by atoms with Crippen LogP contribution < -0.4 is 4.74 Å². The van der Waals surface area contributed by atoms with Crippen LogP contribution in [0.3, 0.4) is 0 Å². The van der Waals surface area contributed by atoms with Crippen LogP contribution in [-0.2, 0) is 6.61 Å². The van der Waals surface area contributed by atoms with Gasteiger partial charge in [-0.1, -0.05) is 59.6 Å². The quantitative estimate of drug-likeness (QED) is 0.257. The average Bonchev–Trinajstić information content (AvgIpc) is 3.25. The smallest absolute Gasteiger partial charge is 0.149 e. The molecule has 0 saturated heterocycles. The van der Waals surface area contributed by atoms with Crippen LogP contribution in [0.1, 0.15) is 17.0 Å². The van der Waals surface area contributed by atoms with Crippen LogP contribution in [-0.4, -0.2) is 9.97 Å². The fraction of sp³-hybridized carbons (Fsp3) is 0.0370. The number of aromatic amines is 1. The van der Waals surface area contributed by atoms with E-state index in [2.05, 4.69) is 16.0 Å². The molecule has 7 heteroatoms. The number of halogens is 3. The summed E-state index contributed by atoms with van der Waals surface area (Å²) < 4.78 is 19.8. The average molecular weight is 488 g/mol. The van der Waals surface area contributed by atoms with Crippen LogP contribution in [0.5, 0.6) is 5.75 Å². The summed E-state index contributed by atoms with van der Waals surface area (Å²) in [7, 11) is 0. The fourth-order valence-corrected chi connectivity index (χ4v) is 4.21. The number of nitrogens with one attached hydrogen (secondary N) is 1. The van der Waals surface area contributed by atoms with E-state index in [9.17, 15) is 9.65 Å². The molecule has 0 bridgehead atoms. The third kappa shape index (κ3) is 4.34. The van der Waals surface area contributed by atoms with E-state index in [1.54, 1.807) is 24.3 Å². The Morgan fingerprint density at radius 3 is 2.74 bits per heavy atom. The summed E-state index contributed by atoms with van der Waals surface area (Å²) in [5.74, 6) is 0.554.